The Labute approximate surface area is 280 Å². The number of aliphatic hydroxyl groups is 1. The van der Waals surface area contributed by atoms with Crippen molar-refractivity contribution in [2.24, 2.45) is 17.8 Å². The van der Waals surface area contributed by atoms with E-state index in [-0.39, 0.29) is 37.9 Å². The molecule has 2 fully saturated rings. The van der Waals surface area contributed by atoms with Gasteiger partial charge < -0.3 is 34.4 Å². The first kappa shape index (κ1) is 33.4. The summed E-state index contributed by atoms with van der Waals surface area (Å²) in [6.07, 6.45) is 6.83. The molecule has 2 aromatic carbocycles. The molecule has 0 radical (unpaired) electrons. The number of ether oxygens (including phenoxy) is 3. The minimum absolute atomic E-state index is 0.0508. The van der Waals surface area contributed by atoms with Crippen LogP contribution < -0.4 is 15.0 Å². The van der Waals surface area contributed by atoms with E-state index in [2.05, 4.69) is 5.32 Å². The van der Waals surface area contributed by atoms with Crippen LogP contribution in [-0.4, -0.2) is 84.3 Å². The fraction of sp³-hybridized carbons (Fsp3) is 0.459. The molecule has 4 aliphatic heterocycles. The first-order valence-corrected chi connectivity index (χ1v) is 16.7. The quantitative estimate of drug-likeness (QED) is 0.342. The number of cyclic esters (lactones) is 1. The summed E-state index contributed by atoms with van der Waals surface area (Å²) >= 11 is 0. The van der Waals surface area contributed by atoms with Crippen molar-refractivity contribution in [2.75, 3.05) is 31.7 Å². The molecule has 4 aliphatic rings. The predicted molar refractivity (Wildman–Crippen MR) is 177 cm³/mol. The summed E-state index contributed by atoms with van der Waals surface area (Å²) in [5, 5.41) is 13.6. The van der Waals surface area contributed by atoms with E-state index in [1.807, 2.05) is 56.3 Å². The van der Waals surface area contributed by atoms with Gasteiger partial charge in [0.25, 0.3) is 5.91 Å². The molecule has 2 aromatic rings. The van der Waals surface area contributed by atoms with Gasteiger partial charge in [0.05, 0.1) is 38.3 Å². The Balaban J connectivity index is 1.46. The maximum atomic E-state index is 15.0. The molecule has 0 saturated carbocycles. The predicted octanol–water partition coefficient (Wildman–Crippen LogP) is 3.34. The third-order valence-electron chi connectivity index (χ3n) is 10.2. The van der Waals surface area contributed by atoms with Crippen LogP contribution in [0.15, 0.2) is 78.9 Å². The van der Waals surface area contributed by atoms with E-state index in [0.29, 0.717) is 29.8 Å². The van der Waals surface area contributed by atoms with Crippen molar-refractivity contribution in [2.45, 2.75) is 63.0 Å². The monoisotopic (exact) mass is 657 g/mol. The van der Waals surface area contributed by atoms with E-state index in [0.717, 1.165) is 0 Å². The largest absolute Gasteiger partial charge is 0.497 e. The van der Waals surface area contributed by atoms with Gasteiger partial charge >= 0.3 is 5.97 Å². The molecule has 0 aromatic heterocycles. The lowest BCUT2D eigenvalue weighted by atomic mass is 9.74. The van der Waals surface area contributed by atoms with Crippen LogP contribution in [-0.2, 0) is 28.7 Å². The van der Waals surface area contributed by atoms with Gasteiger partial charge in [0.2, 0.25) is 11.8 Å². The number of likely N-dealkylation sites (tertiary alicyclic amines) is 1. The topological polar surface area (TPSA) is 135 Å². The minimum atomic E-state index is -1.46. The van der Waals surface area contributed by atoms with Gasteiger partial charge in [0.15, 0.2) is 0 Å². The Morgan fingerprint density at radius 1 is 1.04 bits per heavy atom. The molecule has 11 nitrogen and oxygen atoms in total. The second kappa shape index (κ2) is 13.9. The summed E-state index contributed by atoms with van der Waals surface area (Å²) in [4.78, 5) is 59.8. The maximum Gasteiger partial charge on any atom is 0.313 e. The average molecular weight is 658 g/mol. The van der Waals surface area contributed by atoms with Crippen LogP contribution in [0.25, 0.3) is 0 Å². The van der Waals surface area contributed by atoms with E-state index >= 15 is 4.79 Å². The maximum absolute atomic E-state index is 15.0. The average Bonchev–Trinajstić information content (AvgIpc) is 3.75. The van der Waals surface area contributed by atoms with Crippen molar-refractivity contribution < 1.29 is 38.5 Å². The van der Waals surface area contributed by atoms with Crippen LogP contribution in [0.2, 0.25) is 0 Å². The number of hydrogen-bond donors (Lipinski definition) is 2. The molecular formula is C37H43N3O8. The highest BCUT2D eigenvalue weighted by Crippen LogP contribution is 2.56. The summed E-state index contributed by atoms with van der Waals surface area (Å²) in [5.41, 5.74) is -0.198. The highest BCUT2D eigenvalue weighted by atomic mass is 16.6. The van der Waals surface area contributed by atoms with Gasteiger partial charge in [0, 0.05) is 18.7 Å². The van der Waals surface area contributed by atoms with Crippen molar-refractivity contribution >= 4 is 29.4 Å². The van der Waals surface area contributed by atoms with Crippen LogP contribution in [0, 0.1) is 17.8 Å². The molecule has 48 heavy (non-hydrogen) atoms. The lowest BCUT2D eigenvalue weighted by Gasteiger charge is -2.40. The number of carbonyl (C=O) groups is 4. The Morgan fingerprint density at radius 3 is 2.48 bits per heavy atom. The first-order valence-electron chi connectivity index (χ1n) is 16.7. The van der Waals surface area contributed by atoms with Gasteiger partial charge in [-0.3, -0.25) is 19.2 Å². The summed E-state index contributed by atoms with van der Waals surface area (Å²) in [5.74, 6) is -3.34. The summed E-state index contributed by atoms with van der Waals surface area (Å²) in [7, 11) is 1.56. The highest BCUT2D eigenvalue weighted by molar-refractivity contribution is 6.05. The highest BCUT2D eigenvalue weighted by Gasteiger charge is 2.74. The van der Waals surface area contributed by atoms with E-state index in [1.54, 1.807) is 48.4 Å². The molecule has 1 spiro atoms. The Kier molecular flexibility index (Phi) is 9.70. The normalized spacial score (nSPS) is 30.9. The van der Waals surface area contributed by atoms with Crippen molar-refractivity contribution in [1.82, 2.24) is 10.2 Å². The zero-order valence-corrected chi connectivity index (χ0v) is 27.5. The number of carbonyl (C=O) groups excluding carboxylic acids is 4. The Bertz CT molecular complexity index is 1580. The van der Waals surface area contributed by atoms with E-state index < -0.39 is 59.5 Å². The minimum Gasteiger partial charge on any atom is -0.497 e. The van der Waals surface area contributed by atoms with Gasteiger partial charge in [-0.25, -0.2) is 0 Å². The van der Waals surface area contributed by atoms with E-state index in [1.165, 1.54) is 4.90 Å². The van der Waals surface area contributed by atoms with Crippen molar-refractivity contribution in [3.05, 3.63) is 84.5 Å². The number of aliphatic hydroxyl groups excluding tert-OH is 1. The second-order valence-electron chi connectivity index (χ2n) is 12.9. The lowest BCUT2D eigenvalue weighted by Crippen LogP contribution is -2.59. The number of fused-ring (bicyclic) bond motifs is 2. The number of allylic oxidation sites excluding steroid dienone is 1. The SMILES string of the molecule is CC[C@H](C)[C@H](CO)N1C(=O)[C@H]2[C@@H]3C(=O)O[C@H](c4ccccc4)CNC(=O)CC/C=C\CN(c4ccc(OC)cc4)C(=O)[C@H]1[C@@]21C=C[C@@H]3O1. The number of methoxy groups -OCH3 is 1. The molecule has 3 amide bonds. The van der Waals surface area contributed by atoms with E-state index in [4.69, 9.17) is 14.2 Å². The molecule has 0 aliphatic carbocycles. The fourth-order valence-corrected chi connectivity index (χ4v) is 7.48. The number of hydrogen-bond acceptors (Lipinski definition) is 8. The van der Waals surface area contributed by atoms with Crippen molar-refractivity contribution in [1.29, 1.82) is 0 Å². The molecule has 254 valence electrons. The molecule has 11 heteroatoms. The number of anilines is 1. The van der Waals surface area contributed by atoms with Gasteiger partial charge in [-0.1, -0.05) is 74.9 Å². The number of nitrogens with zero attached hydrogens (tertiary/aromatic N) is 2. The van der Waals surface area contributed by atoms with Crippen LogP contribution in [0.3, 0.4) is 0 Å². The Morgan fingerprint density at radius 2 is 1.79 bits per heavy atom. The third-order valence-corrected chi connectivity index (χ3v) is 10.2. The number of nitrogens with one attached hydrogen (secondary N) is 1. The molecule has 4 heterocycles. The first-order chi connectivity index (χ1) is 23.2. The van der Waals surface area contributed by atoms with Crippen LogP contribution >= 0.6 is 0 Å². The number of benzene rings is 2. The van der Waals surface area contributed by atoms with Crippen LogP contribution in [0.1, 0.15) is 44.8 Å². The smallest absolute Gasteiger partial charge is 0.313 e. The Hall–Kier alpha value is -4.48. The number of esters is 1. The lowest BCUT2D eigenvalue weighted by molar-refractivity contribution is -0.160. The zero-order chi connectivity index (χ0) is 34.0. The second-order valence-corrected chi connectivity index (χ2v) is 12.9. The standard InChI is InChI=1S/C37H43N3O8/c1-4-23(2)27(22-41)40-33-35(44)39(25-14-16-26(46-3)17-15-25)20-10-6-9-13-30(42)38-21-29(24-11-7-5-8-12-24)47-36(45)31-28-18-19-37(33,48-28)32(31)34(40)43/h5-8,10-12,14-19,23,27-29,31-33,41H,4,9,13,20-22H2,1-3H3,(H,38,42)/b10-6-/t23-,27-,28-,29-,31+,32+,33-,37+/m0/s1. The van der Waals surface area contributed by atoms with Crippen LogP contribution in [0.4, 0.5) is 5.69 Å². The summed E-state index contributed by atoms with van der Waals surface area (Å²) < 4.78 is 18.0. The number of amides is 3. The molecule has 5 bridgehead atoms. The van der Waals surface area contributed by atoms with Gasteiger partial charge in [-0.05, 0) is 42.2 Å². The molecule has 2 saturated heterocycles. The summed E-state index contributed by atoms with van der Waals surface area (Å²) in [6, 6.07) is 14.3. The molecule has 6 rings (SSSR count). The fourth-order valence-electron chi connectivity index (χ4n) is 7.48. The van der Waals surface area contributed by atoms with E-state index in [9.17, 15) is 19.5 Å². The zero-order valence-electron chi connectivity index (χ0n) is 27.5. The van der Waals surface area contributed by atoms with Gasteiger partial charge in [-0.15, -0.1) is 0 Å². The molecule has 2 N–H and O–H groups in total. The third kappa shape index (κ3) is 5.90. The number of rotatable bonds is 7. The van der Waals surface area contributed by atoms with Crippen molar-refractivity contribution in [3.8, 4) is 5.75 Å². The summed E-state index contributed by atoms with van der Waals surface area (Å²) in [6.45, 7) is 3.73. The molecule has 0 unspecified atom stereocenters. The van der Waals surface area contributed by atoms with Crippen LogP contribution in [0.5, 0.6) is 5.75 Å². The van der Waals surface area contributed by atoms with Gasteiger partial charge in [-0.2, -0.15) is 0 Å². The van der Waals surface area contributed by atoms with Gasteiger partial charge in [0.1, 0.15) is 29.4 Å². The molecule has 8 atom stereocenters. The van der Waals surface area contributed by atoms with Crippen molar-refractivity contribution in [3.63, 3.8) is 0 Å². The molecular weight excluding hydrogens is 614 g/mol.